The molecule has 2 nitrogen and oxygen atoms in total. The Morgan fingerprint density at radius 1 is 1.46 bits per heavy atom. The van der Waals surface area contributed by atoms with E-state index in [-0.39, 0.29) is 12.0 Å². The number of carbonyl (C=O) groups excluding carboxylic acids is 1. The van der Waals surface area contributed by atoms with Gasteiger partial charge >= 0.3 is 0 Å². The van der Waals surface area contributed by atoms with E-state index < -0.39 is 0 Å². The van der Waals surface area contributed by atoms with Gasteiger partial charge in [-0.3, -0.25) is 4.79 Å². The molecule has 0 saturated heterocycles. The van der Waals surface area contributed by atoms with Crippen molar-refractivity contribution in [1.29, 1.82) is 0 Å². The Morgan fingerprint density at radius 3 is 2.92 bits per heavy atom. The Labute approximate surface area is 80.3 Å². The van der Waals surface area contributed by atoms with Crippen LogP contribution in [-0.2, 0) is 4.79 Å². The zero-order chi connectivity index (χ0) is 9.68. The van der Waals surface area contributed by atoms with Gasteiger partial charge in [0.2, 0.25) is 0 Å². The summed E-state index contributed by atoms with van der Waals surface area (Å²) in [6.07, 6.45) is 6.69. The molecule has 0 aromatic carbocycles. The van der Waals surface area contributed by atoms with Gasteiger partial charge in [-0.1, -0.05) is 12.8 Å². The summed E-state index contributed by atoms with van der Waals surface area (Å²) in [4.78, 5) is 11.5. The zero-order valence-electron chi connectivity index (χ0n) is 8.46. The summed E-state index contributed by atoms with van der Waals surface area (Å²) in [6, 6.07) is 0. The lowest BCUT2D eigenvalue weighted by Crippen LogP contribution is -2.14. The fourth-order valence-corrected chi connectivity index (χ4v) is 1.98. The number of carbonyl (C=O) groups is 1. The smallest absolute Gasteiger partial charge is 0.135 e. The van der Waals surface area contributed by atoms with Crippen molar-refractivity contribution in [3.8, 4) is 0 Å². The van der Waals surface area contributed by atoms with E-state index in [0.717, 1.165) is 32.1 Å². The summed E-state index contributed by atoms with van der Waals surface area (Å²) < 4.78 is 0. The minimum absolute atomic E-state index is 0.247. The molecule has 0 aromatic heterocycles. The first-order valence-corrected chi connectivity index (χ1v) is 5.41. The summed E-state index contributed by atoms with van der Waals surface area (Å²) in [5.41, 5.74) is 0. The van der Waals surface area contributed by atoms with Crippen molar-refractivity contribution in [3.63, 3.8) is 0 Å². The molecule has 0 aliphatic heterocycles. The normalized spacial score (nSPS) is 26.9. The first kappa shape index (κ1) is 10.7. The number of rotatable bonds is 3. The standard InChI is InChI=1S/C11H20O2/c1-9(12)7-8-10-5-3-2-4-6-11(10)13/h9-10,12H,2-8H2,1H3. The molecule has 1 rings (SSSR count). The number of ketones is 1. The van der Waals surface area contributed by atoms with Gasteiger partial charge in [0.1, 0.15) is 5.78 Å². The average Bonchev–Trinajstić information content (AvgIpc) is 2.27. The molecule has 1 aliphatic rings. The number of hydrogen-bond donors (Lipinski definition) is 1. The van der Waals surface area contributed by atoms with Gasteiger partial charge in [-0.15, -0.1) is 0 Å². The van der Waals surface area contributed by atoms with Crippen molar-refractivity contribution in [3.05, 3.63) is 0 Å². The molecule has 1 fully saturated rings. The molecule has 0 radical (unpaired) electrons. The Morgan fingerprint density at radius 2 is 2.23 bits per heavy atom. The van der Waals surface area contributed by atoms with Gasteiger partial charge in [-0.25, -0.2) is 0 Å². The third-order valence-corrected chi connectivity index (χ3v) is 2.86. The fourth-order valence-electron chi connectivity index (χ4n) is 1.98. The van der Waals surface area contributed by atoms with Gasteiger partial charge in [-0.2, -0.15) is 0 Å². The van der Waals surface area contributed by atoms with E-state index in [0.29, 0.717) is 5.78 Å². The monoisotopic (exact) mass is 184 g/mol. The number of hydrogen-bond acceptors (Lipinski definition) is 2. The van der Waals surface area contributed by atoms with Crippen LogP contribution in [-0.4, -0.2) is 17.0 Å². The lowest BCUT2D eigenvalue weighted by atomic mass is 9.93. The first-order valence-electron chi connectivity index (χ1n) is 5.41. The van der Waals surface area contributed by atoms with E-state index in [4.69, 9.17) is 5.11 Å². The van der Waals surface area contributed by atoms with Crippen LogP contribution in [0.3, 0.4) is 0 Å². The molecule has 0 aromatic rings. The fraction of sp³-hybridized carbons (Fsp3) is 0.909. The van der Waals surface area contributed by atoms with E-state index >= 15 is 0 Å². The summed E-state index contributed by atoms with van der Waals surface area (Å²) in [6.45, 7) is 1.79. The minimum Gasteiger partial charge on any atom is -0.393 e. The molecule has 0 spiro atoms. The van der Waals surface area contributed by atoms with Crippen LogP contribution in [0.1, 0.15) is 51.9 Å². The third-order valence-electron chi connectivity index (χ3n) is 2.86. The molecule has 0 heterocycles. The van der Waals surface area contributed by atoms with E-state index in [1.807, 2.05) is 0 Å². The Balaban J connectivity index is 2.32. The van der Waals surface area contributed by atoms with Crippen molar-refractivity contribution in [1.82, 2.24) is 0 Å². The predicted molar refractivity (Wildman–Crippen MR) is 52.5 cm³/mol. The van der Waals surface area contributed by atoms with Crippen molar-refractivity contribution in [2.75, 3.05) is 0 Å². The van der Waals surface area contributed by atoms with Crippen LogP contribution in [0.4, 0.5) is 0 Å². The minimum atomic E-state index is -0.254. The number of aliphatic hydroxyl groups is 1. The first-order chi connectivity index (χ1) is 6.20. The molecule has 2 unspecified atom stereocenters. The summed E-state index contributed by atoms with van der Waals surface area (Å²) in [5, 5.41) is 9.13. The van der Waals surface area contributed by atoms with Crippen molar-refractivity contribution in [2.24, 2.45) is 5.92 Å². The van der Waals surface area contributed by atoms with Crippen LogP contribution in [0.2, 0.25) is 0 Å². The highest BCUT2D eigenvalue weighted by atomic mass is 16.3. The van der Waals surface area contributed by atoms with Gasteiger partial charge < -0.3 is 5.11 Å². The summed E-state index contributed by atoms with van der Waals surface area (Å²) in [7, 11) is 0. The van der Waals surface area contributed by atoms with Gasteiger partial charge in [0.15, 0.2) is 0 Å². The topological polar surface area (TPSA) is 37.3 Å². The van der Waals surface area contributed by atoms with Crippen LogP contribution in [0.25, 0.3) is 0 Å². The van der Waals surface area contributed by atoms with Crippen LogP contribution < -0.4 is 0 Å². The van der Waals surface area contributed by atoms with E-state index in [1.165, 1.54) is 12.8 Å². The molecule has 76 valence electrons. The van der Waals surface area contributed by atoms with Crippen LogP contribution in [0.15, 0.2) is 0 Å². The lowest BCUT2D eigenvalue weighted by Gasteiger charge is -2.13. The molecule has 2 heteroatoms. The molecule has 0 amide bonds. The molecule has 1 N–H and O–H groups in total. The Kier molecular flexibility index (Phi) is 4.43. The maximum absolute atomic E-state index is 11.5. The molecule has 0 bridgehead atoms. The Hall–Kier alpha value is -0.370. The second-order valence-electron chi connectivity index (χ2n) is 4.19. The molecular weight excluding hydrogens is 164 g/mol. The summed E-state index contributed by atoms with van der Waals surface area (Å²) in [5.74, 6) is 0.676. The third kappa shape index (κ3) is 3.90. The molecular formula is C11H20O2. The van der Waals surface area contributed by atoms with Gasteiger partial charge in [0, 0.05) is 12.3 Å². The largest absolute Gasteiger partial charge is 0.393 e. The van der Waals surface area contributed by atoms with Gasteiger partial charge in [-0.05, 0) is 32.6 Å². The second kappa shape index (κ2) is 5.38. The van der Waals surface area contributed by atoms with Gasteiger partial charge in [0.25, 0.3) is 0 Å². The van der Waals surface area contributed by atoms with Crippen LogP contribution in [0, 0.1) is 5.92 Å². The molecule has 1 aliphatic carbocycles. The SMILES string of the molecule is CC(O)CCC1CCCCCC1=O. The van der Waals surface area contributed by atoms with Gasteiger partial charge in [0.05, 0.1) is 6.10 Å². The molecule has 2 atom stereocenters. The highest BCUT2D eigenvalue weighted by molar-refractivity contribution is 5.81. The van der Waals surface area contributed by atoms with E-state index in [2.05, 4.69) is 0 Å². The van der Waals surface area contributed by atoms with Crippen LogP contribution >= 0.6 is 0 Å². The zero-order valence-corrected chi connectivity index (χ0v) is 8.46. The summed E-state index contributed by atoms with van der Waals surface area (Å²) >= 11 is 0. The average molecular weight is 184 g/mol. The van der Waals surface area contributed by atoms with Crippen molar-refractivity contribution in [2.45, 2.75) is 58.0 Å². The molecule has 1 saturated carbocycles. The van der Waals surface area contributed by atoms with E-state index in [9.17, 15) is 4.79 Å². The Bertz CT molecular complexity index is 163. The molecule has 13 heavy (non-hydrogen) atoms. The van der Waals surface area contributed by atoms with E-state index in [1.54, 1.807) is 6.92 Å². The van der Waals surface area contributed by atoms with Crippen LogP contribution in [0.5, 0.6) is 0 Å². The van der Waals surface area contributed by atoms with Crippen molar-refractivity contribution < 1.29 is 9.90 Å². The lowest BCUT2D eigenvalue weighted by molar-refractivity contribution is -0.123. The predicted octanol–water partition coefficient (Wildman–Crippen LogP) is 2.30. The number of Topliss-reactive ketones (excluding diaryl/α,β-unsaturated/α-hetero) is 1. The maximum atomic E-state index is 11.5. The van der Waals surface area contributed by atoms with Crippen molar-refractivity contribution >= 4 is 5.78 Å². The highest BCUT2D eigenvalue weighted by Gasteiger charge is 2.20. The maximum Gasteiger partial charge on any atom is 0.135 e. The quantitative estimate of drug-likeness (QED) is 0.683. The second-order valence-corrected chi connectivity index (χ2v) is 4.19. The number of aliphatic hydroxyl groups excluding tert-OH is 1. The highest BCUT2D eigenvalue weighted by Crippen LogP contribution is 2.24.